The average molecular weight is 312 g/mol. The summed E-state index contributed by atoms with van der Waals surface area (Å²) in [5, 5.41) is 4.06. The van der Waals surface area contributed by atoms with Gasteiger partial charge < -0.3 is 20.7 Å². The van der Waals surface area contributed by atoms with E-state index in [0.29, 0.717) is 18.1 Å². The summed E-state index contributed by atoms with van der Waals surface area (Å²) >= 11 is 1.23. The van der Waals surface area contributed by atoms with E-state index >= 15 is 0 Å². The molecular formula is C14H24N4O2S. The normalized spacial score (nSPS) is 16.9. The van der Waals surface area contributed by atoms with Crippen LogP contribution in [0.4, 0.5) is 10.8 Å². The Balaban J connectivity index is 1.90. The van der Waals surface area contributed by atoms with Crippen LogP contribution in [-0.4, -0.2) is 48.0 Å². The van der Waals surface area contributed by atoms with Crippen molar-refractivity contribution in [2.24, 2.45) is 5.92 Å². The molecule has 1 aromatic rings. The van der Waals surface area contributed by atoms with Crippen LogP contribution in [0.2, 0.25) is 0 Å². The minimum absolute atomic E-state index is 0.252. The van der Waals surface area contributed by atoms with Crippen LogP contribution in [-0.2, 0) is 4.74 Å². The Morgan fingerprint density at radius 3 is 2.81 bits per heavy atom. The lowest BCUT2D eigenvalue weighted by molar-refractivity contribution is 0.0529. The predicted octanol–water partition coefficient (Wildman–Crippen LogP) is 2.05. The number of rotatable bonds is 6. The lowest BCUT2D eigenvalue weighted by Crippen LogP contribution is -2.35. The van der Waals surface area contributed by atoms with Crippen molar-refractivity contribution in [3.05, 3.63) is 5.56 Å². The number of carbonyl (C=O) groups excluding carboxylic acids is 1. The van der Waals surface area contributed by atoms with Crippen LogP contribution in [0.15, 0.2) is 0 Å². The van der Waals surface area contributed by atoms with Crippen LogP contribution in [0, 0.1) is 5.92 Å². The van der Waals surface area contributed by atoms with Gasteiger partial charge in [-0.25, -0.2) is 4.79 Å². The minimum atomic E-state index is -0.396. The van der Waals surface area contributed by atoms with Crippen LogP contribution < -0.4 is 11.1 Å². The SMILES string of the molecule is CCOC(=O)c1c(N)nsc1NCC1CCN(CC)CC1. The summed E-state index contributed by atoms with van der Waals surface area (Å²) in [5.74, 6) is 0.486. The van der Waals surface area contributed by atoms with E-state index in [1.807, 2.05) is 0 Å². The first kappa shape index (κ1) is 16.0. The maximum atomic E-state index is 11.9. The second-order valence-corrected chi connectivity index (χ2v) is 6.02. The number of likely N-dealkylation sites (tertiary alicyclic amines) is 1. The molecule has 7 heteroatoms. The van der Waals surface area contributed by atoms with E-state index < -0.39 is 5.97 Å². The second kappa shape index (κ2) is 7.61. The monoisotopic (exact) mass is 312 g/mol. The number of nitrogen functional groups attached to an aromatic ring is 1. The fraction of sp³-hybridized carbons (Fsp3) is 0.714. The van der Waals surface area contributed by atoms with Gasteiger partial charge in [-0.1, -0.05) is 6.92 Å². The van der Waals surface area contributed by atoms with Gasteiger partial charge in [0, 0.05) is 6.54 Å². The molecule has 1 saturated heterocycles. The van der Waals surface area contributed by atoms with E-state index in [0.717, 1.165) is 31.2 Å². The standard InChI is InChI=1S/C14H24N4O2S/c1-3-18-7-5-10(6-8-18)9-16-13-11(12(15)17-21-13)14(19)20-4-2/h10,16H,3-9H2,1-2H3,(H2,15,17). The molecule has 118 valence electrons. The van der Waals surface area contributed by atoms with Crippen LogP contribution >= 0.6 is 11.5 Å². The fourth-order valence-electron chi connectivity index (χ4n) is 2.57. The van der Waals surface area contributed by atoms with E-state index in [9.17, 15) is 4.79 Å². The summed E-state index contributed by atoms with van der Waals surface area (Å²) in [6.07, 6.45) is 2.37. The highest BCUT2D eigenvalue weighted by Crippen LogP contribution is 2.28. The summed E-state index contributed by atoms with van der Waals surface area (Å²) in [5.41, 5.74) is 6.15. The van der Waals surface area contributed by atoms with E-state index in [1.54, 1.807) is 6.92 Å². The van der Waals surface area contributed by atoms with E-state index in [2.05, 4.69) is 21.5 Å². The lowest BCUT2D eigenvalue weighted by atomic mass is 9.97. The maximum absolute atomic E-state index is 11.9. The number of aromatic nitrogens is 1. The summed E-state index contributed by atoms with van der Waals surface area (Å²) in [6.45, 7) is 8.59. The number of nitrogens with one attached hydrogen (secondary N) is 1. The molecular weight excluding hydrogens is 288 g/mol. The molecule has 0 saturated carbocycles. The van der Waals surface area contributed by atoms with Gasteiger partial charge in [0.2, 0.25) is 0 Å². The molecule has 1 aliphatic rings. The van der Waals surface area contributed by atoms with E-state index in [1.165, 1.54) is 24.4 Å². The quantitative estimate of drug-likeness (QED) is 0.783. The number of hydrogen-bond donors (Lipinski definition) is 2. The van der Waals surface area contributed by atoms with Crippen LogP contribution in [0.25, 0.3) is 0 Å². The number of carbonyl (C=O) groups is 1. The second-order valence-electron chi connectivity index (χ2n) is 5.25. The van der Waals surface area contributed by atoms with Crippen molar-refractivity contribution in [2.45, 2.75) is 26.7 Å². The Bertz CT molecular complexity index is 470. The molecule has 0 atom stereocenters. The predicted molar refractivity (Wildman–Crippen MR) is 85.8 cm³/mol. The number of nitrogens with zero attached hydrogens (tertiary/aromatic N) is 2. The number of ether oxygens (including phenoxy) is 1. The number of nitrogens with two attached hydrogens (primary N) is 1. The zero-order chi connectivity index (χ0) is 15.2. The molecule has 1 fully saturated rings. The third-order valence-electron chi connectivity index (χ3n) is 3.90. The van der Waals surface area contributed by atoms with Crippen LogP contribution in [0.1, 0.15) is 37.0 Å². The molecule has 0 unspecified atom stereocenters. The molecule has 6 nitrogen and oxygen atoms in total. The highest BCUT2D eigenvalue weighted by Gasteiger charge is 2.22. The lowest BCUT2D eigenvalue weighted by Gasteiger charge is -2.31. The van der Waals surface area contributed by atoms with Crippen molar-refractivity contribution < 1.29 is 9.53 Å². The highest BCUT2D eigenvalue weighted by atomic mass is 32.1. The molecule has 0 aliphatic carbocycles. The molecule has 1 aliphatic heterocycles. The summed E-state index contributed by atoms with van der Waals surface area (Å²) in [6, 6.07) is 0. The number of anilines is 2. The summed E-state index contributed by atoms with van der Waals surface area (Å²) < 4.78 is 9.09. The molecule has 1 aromatic heterocycles. The van der Waals surface area contributed by atoms with E-state index in [-0.39, 0.29) is 5.82 Å². The van der Waals surface area contributed by atoms with Crippen molar-refractivity contribution in [2.75, 3.05) is 43.8 Å². The van der Waals surface area contributed by atoms with Crippen molar-refractivity contribution in [3.63, 3.8) is 0 Å². The van der Waals surface area contributed by atoms with Crippen molar-refractivity contribution in [1.29, 1.82) is 0 Å². The molecule has 0 radical (unpaired) electrons. The molecule has 3 N–H and O–H groups in total. The largest absolute Gasteiger partial charge is 0.462 e. The average Bonchev–Trinajstić information content (AvgIpc) is 2.87. The van der Waals surface area contributed by atoms with Gasteiger partial charge in [0.25, 0.3) is 0 Å². The van der Waals surface area contributed by atoms with Gasteiger partial charge in [-0.2, -0.15) is 4.37 Å². The highest BCUT2D eigenvalue weighted by molar-refractivity contribution is 7.11. The molecule has 2 rings (SSSR count). The van der Waals surface area contributed by atoms with Crippen molar-refractivity contribution in [1.82, 2.24) is 9.27 Å². The Kier molecular flexibility index (Phi) is 5.81. The Morgan fingerprint density at radius 2 is 2.19 bits per heavy atom. The fourth-order valence-corrected chi connectivity index (χ4v) is 3.28. The first-order valence-corrected chi connectivity index (χ1v) is 8.31. The topological polar surface area (TPSA) is 80.5 Å². The maximum Gasteiger partial charge on any atom is 0.344 e. The molecule has 21 heavy (non-hydrogen) atoms. The number of esters is 1. The van der Waals surface area contributed by atoms with Gasteiger partial charge in [0.15, 0.2) is 5.82 Å². The van der Waals surface area contributed by atoms with Gasteiger partial charge in [-0.3, -0.25) is 0 Å². The smallest absolute Gasteiger partial charge is 0.344 e. The molecule has 2 heterocycles. The molecule has 0 aromatic carbocycles. The molecule has 0 spiro atoms. The van der Waals surface area contributed by atoms with Gasteiger partial charge in [0.1, 0.15) is 10.6 Å². The number of hydrogen-bond acceptors (Lipinski definition) is 7. The van der Waals surface area contributed by atoms with Gasteiger partial charge >= 0.3 is 5.97 Å². The Morgan fingerprint density at radius 1 is 1.48 bits per heavy atom. The van der Waals surface area contributed by atoms with Gasteiger partial charge in [-0.15, -0.1) is 0 Å². The third kappa shape index (κ3) is 4.07. The Labute approximate surface area is 129 Å². The summed E-state index contributed by atoms with van der Waals surface area (Å²) in [4.78, 5) is 14.4. The zero-order valence-corrected chi connectivity index (χ0v) is 13.5. The van der Waals surface area contributed by atoms with Crippen molar-refractivity contribution >= 4 is 28.3 Å². The minimum Gasteiger partial charge on any atom is -0.462 e. The van der Waals surface area contributed by atoms with Gasteiger partial charge in [0.05, 0.1) is 6.61 Å². The first-order chi connectivity index (χ1) is 10.2. The van der Waals surface area contributed by atoms with Crippen LogP contribution in [0.3, 0.4) is 0 Å². The molecule has 0 amide bonds. The first-order valence-electron chi connectivity index (χ1n) is 7.54. The van der Waals surface area contributed by atoms with E-state index in [4.69, 9.17) is 10.5 Å². The Hall–Kier alpha value is -1.34. The third-order valence-corrected chi connectivity index (χ3v) is 4.72. The van der Waals surface area contributed by atoms with Gasteiger partial charge in [-0.05, 0) is 56.9 Å². The summed E-state index contributed by atoms with van der Waals surface area (Å²) in [7, 11) is 0. The zero-order valence-electron chi connectivity index (χ0n) is 12.7. The molecule has 0 bridgehead atoms. The van der Waals surface area contributed by atoms with Crippen LogP contribution in [0.5, 0.6) is 0 Å². The number of piperidine rings is 1. The van der Waals surface area contributed by atoms with Crippen molar-refractivity contribution in [3.8, 4) is 0 Å².